The lowest BCUT2D eigenvalue weighted by molar-refractivity contribution is -0.123. The first kappa shape index (κ1) is 12.9. The number of nitrogens with zero attached hydrogens (tertiary/aromatic N) is 1. The molecule has 0 bridgehead atoms. The Hall–Kier alpha value is -2.56. The summed E-state index contributed by atoms with van der Waals surface area (Å²) in [6.07, 6.45) is 3.37. The SMILES string of the molecule is Nc1ccccc1OCC(=O)NCc1ccncc1. The van der Waals surface area contributed by atoms with Crippen molar-refractivity contribution in [3.05, 3.63) is 54.4 Å². The quantitative estimate of drug-likeness (QED) is 0.793. The van der Waals surface area contributed by atoms with Crippen LogP contribution in [0.5, 0.6) is 5.75 Å². The van der Waals surface area contributed by atoms with Crippen molar-refractivity contribution in [1.82, 2.24) is 10.3 Å². The van der Waals surface area contributed by atoms with Gasteiger partial charge in [-0.15, -0.1) is 0 Å². The van der Waals surface area contributed by atoms with Crippen molar-refractivity contribution in [2.45, 2.75) is 6.54 Å². The van der Waals surface area contributed by atoms with Gasteiger partial charge in [0.05, 0.1) is 5.69 Å². The Labute approximate surface area is 111 Å². The van der Waals surface area contributed by atoms with Gasteiger partial charge in [0.15, 0.2) is 6.61 Å². The molecule has 0 aliphatic carbocycles. The van der Waals surface area contributed by atoms with Gasteiger partial charge in [-0.05, 0) is 29.8 Å². The molecule has 19 heavy (non-hydrogen) atoms. The summed E-state index contributed by atoms with van der Waals surface area (Å²) in [6.45, 7) is 0.397. The van der Waals surface area contributed by atoms with E-state index in [4.69, 9.17) is 10.5 Å². The van der Waals surface area contributed by atoms with Crippen LogP contribution in [0.3, 0.4) is 0 Å². The molecule has 0 atom stereocenters. The third-order valence-corrected chi connectivity index (χ3v) is 2.52. The number of para-hydroxylation sites is 2. The highest BCUT2D eigenvalue weighted by atomic mass is 16.5. The molecule has 5 nitrogen and oxygen atoms in total. The molecule has 2 rings (SSSR count). The summed E-state index contributed by atoms with van der Waals surface area (Å²) in [7, 11) is 0. The highest BCUT2D eigenvalue weighted by Gasteiger charge is 2.04. The van der Waals surface area contributed by atoms with Gasteiger partial charge in [-0.3, -0.25) is 9.78 Å². The van der Waals surface area contributed by atoms with E-state index in [1.54, 1.807) is 30.6 Å². The number of benzene rings is 1. The third-order valence-electron chi connectivity index (χ3n) is 2.52. The largest absolute Gasteiger partial charge is 0.482 e. The van der Waals surface area contributed by atoms with Gasteiger partial charge in [0.2, 0.25) is 0 Å². The summed E-state index contributed by atoms with van der Waals surface area (Å²) in [5, 5.41) is 2.76. The van der Waals surface area contributed by atoms with Crippen LogP contribution in [0.15, 0.2) is 48.8 Å². The molecule has 5 heteroatoms. The van der Waals surface area contributed by atoms with E-state index >= 15 is 0 Å². The van der Waals surface area contributed by atoms with E-state index in [0.717, 1.165) is 5.56 Å². The molecule has 1 heterocycles. The maximum absolute atomic E-state index is 11.6. The zero-order valence-corrected chi connectivity index (χ0v) is 10.4. The van der Waals surface area contributed by atoms with Gasteiger partial charge in [-0.2, -0.15) is 0 Å². The molecular weight excluding hydrogens is 242 g/mol. The third kappa shape index (κ3) is 3.99. The molecule has 0 aliphatic heterocycles. The average molecular weight is 257 g/mol. The summed E-state index contributed by atoms with van der Waals surface area (Å²) in [5.74, 6) is 0.321. The maximum Gasteiger partial charge on any atom is 0.258 e. The molecular formula is C14H15N3O2. The van der Waals surface area contributed by atoms with Crippen molar-refractivity contribution in [2.24, 2.45) is 0 Å². The number of carbonyl (C=O) groups is 1. The van der Waals surface area contributed by atoms with Crippen molar-refractivity contribution in [3.63, 3.8) is 0 Å². The van der Waals surface area contributed by atoms with Crippen LogP contribution in [0.2, 0.25) is 0 Å². The van der Waals surface area contributed by atoms with Gasteiger partial charge in [-0.25, -0.2) is 0 Å². The number of pyridine rings is 1. The molecule has 0 aliphatic rings. The Balaban J connectivity index is 1.78. The monoisotopic (exact) mass is 257 g/mol. The molecule has 0 radical (unpaired) electrons. The fraction of sp³-hybridized carbons (Fsp3) is 0.143. The Bertz CT molecular complexity index is 543. The normalized spacial score (nSPS) is 9.89. The van der Waals surface area contributed by atoms with Crippen molar-refractivity contribution < 1.29 is 9.53 Å². The number of hydrogen-bond acceptors (Lipinski definition) is 4. The fourth-order valence-corrected chi connectivity index (χ4v) is 1.51. The topological polar surface area (TPSA) is 77.2 Å². The molecule has 1 amide bonds. The Morgan fingerprint density at radius 3 is 2.68 bits per heavy atom. The molecule has 1 aromatic carbocycles. The van der Waals surface area contributed by atoms with Crippen LogP contribution in [0.1, 0.15) is 5.56 Å². The average Bonchev–Trinajstić information content (AvgIpc) is 2.45. The van der Waals surface area contributed by atoms with Gasteiger partial charge < -0.3 is 15.8 Å². The van der Waals surface area contributed by atoms with Crippen LogP contribution in [0.25, 0.3) is 0 Å². The Morgan fingerprint density at radius 2 is 1.95 bits per heavy atom. The number of nitrogens with one attached hydrogen (secondary N) is 1. The van der Waals surface area contributed by atoms with E-state index in [1.165, 1.54) is 0 Å². The minimum Gasteiger partial charge on any atom is -0.482 e. The number of carbonyl (C=O) groups excluding carboxylic acids is 1. The zero-order chi connectivity index (χ0) is 13.5. The van der Waals surface area contributed by atoms with Crippen molar-refractivity contribution in [2.75, 3.05) is 12.3 Å². The van der Waals surface area contributed by atoms with Crippen LogP contribution in [0, 0.1) is 0 Å². The van der Waals surface area contributed by atoms with Gasteiger partial charge in [-0.1, -0.05) is 12.1 Å². The number of amides is 1. The van der Waals surface area contributed by atoms with Crippen molar-refractivity contribution in [1.29, 1.82) is 0 Å². The van der Waals surface area contributed by atoms with Gasteiger partial charge in [0.1, 0.15) is 5.75 Å². The molecule has 1 aromatic heterocycles. The number of ether oxygens (including phenoxy) is 1. The van der Waals surface area contributed by atoms with Crippen LogP contribution in [-0.2, 0) is 11.3 Å². The molecule has 0 unspecified atom stereocenters. The van der Waals surface area contributed by atoms with Crippen molar-refractivity contribution in [3.8, 4) is 5.75 Å². The molecule has 0 saturated heterocycles. The first-order chi connectivity index (χ1) is 9.25. The minimum absolute atomic E-state index is 0.0563. The summed E-state index contributed by atoms with van der Waals surface area (Å²) < 4.78 is 5.34. The predicted molar refractivity (Wildman–Crippen MR) is 72.4 cm³/mol. The molecule has 2 aromatic rings. The molecule has 0 spiro atoms. The van der Waals surface area contributed by atoms with Crippen LogP contribution < -0.4 is 15.8 Å². The summed E-state index contributed by atoms with van der Waals surface area (Å²) in [5.41, 5.74) is 7.21. The summed E-state index contributed by atoms with van der Waals surface area (Å²) in [6, 6.07) is 10.8. The highest BCUT2D eigenvalue weighted by Crippen LogP contribution is 2.19. The predicted octanol–water partition coefficient (Wildman–Crippen LogP) is 1.36. The van der Waals surface area contributed by atoms with E-state index in [9.17, 15) is 4.79 Å². The second-order valence-electron chi connectivity index (χ2n) is 3.96. The van der Waals surface area contributed by atoms with E-state index in [-0.39, 0.29) is 12.5 Å². The number of nitrogen functional groups attached to an aromatic ring is 1. The lowest BCUT2D eigenvalue weighted by Gasteiger charge is -2.09. The van der Waals surface area contributed by atoms with Crippen molar-refractivity contribution >= 4 is 11.6 Å². The van der Waals surface area contributed by atoms with Crippen LogP contribution in [-0.4, -0.2) is 17.5 Å². The lowest BCUT2D eigenvalue weighted by Crippen LogP contribution is -2.28. The molecule has 0 fully saturated rings. The minimum atomic E-state index is -0.194. The first-order valence-electron chi connectivity index (χ1n) is 5.88. The van der Waals surface area contributed by atoms with Gasteiger partial charge in [0, 0.05) is 18.9 Å². The second kappa shape index (κ2) is 6.39. The molecule has 3 N–H and O–H groups in total. The number of anilines is 1. The van der Waals surface area contributed by atoms with E-state index in [0.29, 0.717) is 18.0 Å². The summed E-state index contributed by atoms with van der Waals surface area (Å²) in [4.78, 5) is 15.5. The smallest absolute Gasteiger partial charge is 0.258 e. The second-order valence-corrected chi connectivity index (χ2v) is 3.96. The Kier molecular flexibility index (Phi) is 4.34. The maximum atomic E-state index is 11.6. The number of hydrogen-bond donors (Lipinski definition) is 2. The van der Waals surface area contributed by atoms with Crippen LogP contribution in [0.4, 0.5) is 5.69 Å². The van der Waals surface area contributed by atoms with Gasteiger partial charge >= 0.3 is 0 Å². The number of aromatic nitrogens is 1. The first-order valence-corrected chi connectivity index (χ1v) is 5.88. The standard InChI is InChI=1S/C14H15N3O2/c15-12-3-1-2-4-13(12)19-10-14(18)17-9-11-5-7-16-8-6-11/h1-8H,9-10,15H2,(H,17,18). The van der Waals surface area contributed by atoms with E-state index < -0.39 is 0 Å². The molecule has 0 saturated carbocycles. The van der Waals surface area contributed by atoms with E-state index in [2.05, 4.69) is 10.3 Å². The number of rotatable bonds is 5. The van der Waals surface area contributed by atoms with Gasteiger partial charge in [0.25, 0.3) is 5.91 Å². The lowest BCUT2D eigenvalue weighted by atomic mass is 10.3. The number of nitrogens with two attached hydrogens (primary N) is 1. The highest BCUT2D eigenvalue weighted by molar-refractivity contribution is 5.77. The zero-order valence-electron chi connectivity index (χ0n) is 10.4. The summed E-state index contributed by atoms with van der Waals surface area (Å²) >= 11 is 0. The van der Waals surface area contributed by atoms with E-state index in [1.807, 2.05) is 18.2 Å². The molecule has 98 valence electrons. The fourth-order valence-electron chi connectivity index (χ4n) is 1.51. The van der Waals surface area contributed by atoms with Crippen LogP contribution >= 0.6 is 0 Å². The Morgan fingerprint density at radius 1 is 1.21 bits per heavy atom.